The molecule has 0 bridgehead atoms. The van der Waals surface area contributed by atoms with Crippen LogP contribution in [0.5, 0.6) is 5.75 Å². The Balaban J connectivity index is 1.48. The fourth-order valence-electron chi connectivity index (χ4n) is 4.00. The standard InChI is InChI=1S/C19H30N2O2/c1-23-18-8-4-3-7-17(18)20-16-9-13-21(14-10-16)15-19(22)11-5-2-6-12-19/h3-4,7-8,16,20,22H,2,5-6,9-15H2,1H3. The van der Waals surface area contributed by atoms with Crippen LogP contribution in [0.4, 0.5) is 5.69 Å². The number of nitrogens with one attached hydrogen (secondary N) is 1. The number of aliphatic hydroxyl groups is 1. The van der Waals surface area contributed by atoms with Gasteiger partial charge in [0.05, 0.1) is 18.4 Å². The zero-order chi connectivity index (χ0) is 16.1. The minimum absolute atomic E-state index is 0.429. The molecule has 1 aliphatic carbocycles. The molecular weight excluding hydrogens is 288 g/mol. The normalized spacial score (nSPS) is 22.7. The molecule has 0 atom stereocenters. The highest BCUT2D eigenvalue weighted by Crippen LogP contribution is 2.30. The Morgan fingerprint density at radius 3 is 2.57 bits per heavy atom. The smallest absolute Gasteiger partial charge is 0.141 e. The van der Waals surface area contributed by atoms with Gasteiger partial charge >= 0.3 is 0 Å². The quantitative estimate of drug-likeness (QED) is 0.874. The number of hydrogen-bond acceptors (Lipinski definition) is 4. The highest BCUT2D eigenvalue weighted by molar-refractivity contribution is 5.56. The molecule has 1 heterocycles. The Labute approximate surface area is 139 Å². The minimum Gasteiger partial charge on any atom is -0.495 e. The molecule has 0 radical (unpaired) electrons. The number of benzene rings is 1. The summed E-state index contributed by atoms with van der Waals surface area (Å²) < 4.78 is 5.42. The van der Waals surface area contributed by atoms with Crippen LogP contribution in [0.1, 0.15) is 44.9 Å². The third kappa shape index (κ3) is 4.39. The number of hydrogen-bond donors (Lipinski definition) is 2. The summed E-state index contributed by atoms with van der Waals surface area (Å²) in [6.07, 6.45) is 7.85. The summed E-state index contributed by atoms with van der Waals surface area (Å²) in [5.41, 5.74) is 0.653. The molecular formula is C19H30N2O2. The molecule has 2 N–H and O–H groups in total. The van der Waals surface area contributed by atoms with E-state index in [1.165, 1.54) is 19.3 Å². The minimum atomic E-state index is -0.429. The molecule has 2 aliphatic rings. The van der Waals surface area contributed by atoms with Crippen molar-refractivity contribution in [3.8, 4) is 5.75 Å². The Hall–Kier alpha value is -1.26. The monoisotopic (exact) mass is 318 g/mol. The Morgan fingerprint density at radius 1 is 1.17 bits per heavy atom. The van der Waals surface area contributed by atoms with Crippen LogP contribution < -0.4 is 10.1 Å². The number of piperidine rings is 1. The maximum absolute atomic E-state index is 10.7. The lowest BCUT2D eigenvalue weighted by molar-refractivity contribution is -0.0302. The number of likely N-dealkylation sites (tertiary alicyclic amines) is 1. The van der Waals surface area contributed by atoms with Gasteiger partial charge in [-0.25, -0.2) is 0 Å². The zero-order valence-electron chi connectivity index (χ0n) is 14.3. The van der Waals surface area contributed by atoms with Gasteiger partial charge in [-0.3, -0.25) is 0 Å². The number of para-hydroxylation sites is 2. The predicted octanol–water partition coefficient (Wildman–Crippen LogP) is 3.27. The van der Waals surface area contributed by atoms with Crippen LogP contribution in [0.15, 0.2) is 24.3 Å². The third-order valence-electron chi connectivity index (χ3n) is 5.36. The van der Waals surface area contributed by atoms with E-state index in [1.54, 1.807) is 7.11 Å². The van der Waals surface area contributed by atoms with E-state index in [4.69, 9.17) is 4.74 Å². The van der Waals surface area contributed by atoms with E-state index in [1.807, 2.05) is 18.2 Å². The van der Waals surface area contributed by atoms with Gasteiger partial charge in [-0.2, -0.15) is 0 Å². The number of nitrogens with zero attached hydrogens (tertiary/aromatic N) is 1. The number of anilines is 1. The maximum Gasteiger partial charge on any atom is 0.141 e. The molecule has 1 saturated heterocycles. The lowest BCUT2D eigenvalue weighted by Gasteiger charge is -2.40. The molecule has 128 valence electrons. The van der Waals surface area contributed by atoms with Crippen LogP contribution in [0, 0.1) is 0 Å². The molecule has 4 nitrogen and oxygen atoms in total. The van der Waals surface area contributed by atoms with Crippen molar-refractivity contribution in [2.24, 2.45) is 0 Å². The number of methoxy groups -OCH3 is 1. The van der Waals surface area contributed by atoms with Crippen LogP contribution in [-0.4, -0.2) is 48.4 Å². The fourth-order valence-corrected chi connectivity index (χ4v) is 4.00. The summed E-state index contributed by atoms with van der Waals surface area (Å²) >= 11 is 0. The number of β-amino-alcohol motifs (C(OH)–C–C–N with tert-alkyl or cyclic N) is 1. The van der Waals surface area contributed by atoms with Crippen molar-refractivity contribution >= 4 is 5.69 Å². The van der Waals surface area contributed by atoms with Crippen molar-refractivity contribution in [2.75, 3.05) is 32.1 Å². The average Bonchev–Trinajstić information content (AvgIpc) is 2.57. The second kappa shape index (κ2) is 7.54. The first-order valence-corrected chi connectivity index (χ1v) is 9.03. The molecule has 2 fully saturated rings. The summed E-state index contributed by atoms with van der Waals surface area (Å²) in [4.78, 5) is 2.45. The van der Waals surface area contributed by atoms with Crippen molar-refractivity contribution in [3.05, 3.63) is 24.3 Å². The van der Waals surface area contributed by atoms with E-state index in [9.17, 15) is 5.11 Å². The summed E-state index contributed by atoms with van der Waals surface area (Å²) in [7, 11) is 1.72. The van der Waals surface area contributed by atoms with Crippen molar-refractivity contribution in [3.63, 3.8) is 0 Å². The molecule has 1 aliphatic heterocycles. The summed E-state index contributed by atoms with van der Waals surface area (Å²) in [6.45, 7) is 2.98. The molecule has 1 aromatic carbocycles. The maximum atomic E-state index is 10.7. The highest BCUT2D eigenvalue weighted by Gasteiger charge is 2.32. The van der Waals surface area contributed by atoms with Gasteiger partial charge in [0.15, 0.2) is 0 Å². The Morgan fingerprint density at radius 2 is 1.87 bits per heavy atom. The van der Waals surface area contributed by atoms with Crippen molar-refractivity contribution < 1.29 is 9.84 Å². The van der Waals surface area contributed by atoms with Crippen LogP contribution in [0.25, 0.3) is 0 Å². The molecule has 1 saturated carbocycles. The molecule has 1 aromatic rings. The molecule has 23 heavy (non-hydrogen) atoms. The summed E-state index contributed by atoms with van der Waals surface area (Å²) in [5, 5.41) is 14.3. The first kappa shape index (κ1) is 16.6. The van der Waals surface area contributed by atoms with E-state index in [0.29, 0.717) is 6.04 Å². The molecule has 0 unspecified atom stereocenters. The van der Waals surface area contributed by atoms with Gasteiger partial charge in [-0.15, -0.1) is 0 Å². The van der Waals surface area contributed by atoms with Crippen LogP contribution in [-0.2, 0) is 0 Å². The zero-order valence-corrected chi connectivity index (χ0v) is 14.3. The van der Waals surface area contributed by atoms with E-state index in [0.717, 1.165) is 56.8 Å². The van der Waals surface area contributed by atoms with Gasteiger partial charge in [-0.1, -0.05) is 31.4 Å². The van der Waals surface area contributed by atoms with Gasteiger partial charge < -0.3 is 20.1 Å². The molecule has 3 rings (SSSR count). The van der Waals surface area contributed by atoms with Gasteiger partial charge in [0.2, 0.25) is 0 Å². The number of rotatable bonds is 5. The number of ether oxygens (including phenoxy) is 1. The topological polar surface area (TPSA) is 44.7 Å². The van der Waals surface area contributed by atoms with E-state index in [2.05, 4.69) is 16.3 Å². The SMILES string of the molecule is COc1ccccc1NC1CCN(CC2(O)CCCCC2)CC1. The second-order valence-electron chi connectivity index (χ2n) is 7.18. The van der Waals surface area contributed by atoms with Crippen LogP contribution in [0.3, 0.4) is 0 Å². The summed E-state index contributed by atoms with van der Waals surface area (Å²) in [5.74, 6) is 0.909. The Bertz CT molecular complexity index is 492. The fraction of sp³-hybridized carbons (Fsp3) is 0.684. The van der Waals surface area contributed by atoms with E-state index >= 15 is 0 Å². The largest absolute Gasteiger partial charge is 0.495 e. The van der Waals surface area contributed by atoms with Crippen LogP contribution in [0.2, 0.25) is 0 Å². The first-order valence-electron chi connectivity index (χ1n) is 9.03. The lowest BCUT2D eigenvalue weighted by Crippen LogP contribution is -2.48. The third-order valence-corrected chi connectivity index (χ3v) is 5.36. The first-order chi connectivity index (χ1) is 11.2. The van der Waals surface area contributed by atoms with Crippen LogP contribution >= 0.6 is 0 Å². The summed E-state index contributed by atoms with van der Waals surface area (Å²) in [6, 6.07) is 8.60. The van der Waals surface area contributed by atoms with Gasteiger partial charge in [0, 0.05) is 25.7 Å². The van der Waals surface area contributed by atoms with Gasteiger partial charge in [-0.05, 0) is 37.8 Å². The van der Waals surface area contributed by atoms with Crippen molar-refractivity contribution in [1.29, 1.82) is 0 Å². The second-order valence-corrected chi connectivity index (χ2v) is 7.18. The molecule has 0 spiro atoms. The molecule has 0 amide bonds. The lowest BCUT2D eigenvalue weighted by atomic mass is 9.84. The average molecular weight is 318 g/mol. The Kier molecular flexibility index (Phi) is 5.44. The molecule has 4 heteroatoms. The van der Waals surface area contributed by atoms with Crippen molar-refractivity contribution in [2.45, 2.75) is 56.6 Å². The predicted molar refractivity (Wildman–Crippen MR) is 94.1 cm³/mol. The highest BCUT2D eigenvalue weighted by atomic mass is 16.5. The van der Waals surface area contributed by atoms with Gasteiger partial charge in [0.1, 0.15) is 5.75 Å². The van der Waals surface area contributed by atoms with E-state index < -0.39 is 5.60 Å². The molecule has 0 aromatic heterocycles. The van der Waals surface area contributed by atoms with Crippen molar-refractivity contribution in [1.82, 2.24) is 4.90 Å². The van der Waals surface area contributed by atoms with E-state index in [-0.39, 0.29) is 0 Å². The van der Waals surface area contributed by atoms with Gasteiger partial charge in [0.25, 0.3) is 0 Å².